The van der Waals surface area contributed by atoms with E-state index in [1.165, 1.54) is 0 Å². The topological polar surface area (TPSA) is 47.6 Å². The second-order valence-corrected chi connectivity index (χ2v) is 4.39. The maximum absolute atomic E-state index is 8.81. The van der Waals surface area contributed by atoms with Crippen molar-refractivity contribution in [1.82, 2.24) is 0 Å². The maximum Gasteiger partial charge on any atom is 0.139 e. The Morgan fingerprint density at radius 1 is 1.12 bits per heavy atom. The van der Waals surface area contributed by atoms with Gasteiger partial charge in [0.1, 0.15) is 17.7 Å². The van der Waals surface area contributed by atoms with Crippen molar-refractivity contribution in [3.8, 4) is 12.1 Å². The van der Waals surface area contributed by atoms with Crippen LogP contribution in [0.3, 0.4) is 0 Å². The number of allylic oxidation sites excluding steroid dienone is 4. The average molecular weight is 322 g/mol. The third-order valence-electron chi connectivity index (χ3n) is 1.49. The molecule has 0 amide bonds. The normalized spacial score (nSPS) is 9.82. The summed E-state index contributed by atoms with van der Waals surface area (Å²) in [6, 6.07) is 3.32. The lowest BCUT2D eigenvalue weighted by Crippen LogP contribution is -2.12. The molecule has 0 atom stereocenters. The Balaban J connectivity index is 5.97. The molecule has 0 radical (unpaired) electrons. The van der Waals surface area contributed by atoms with Gasteiger partial charge in [-0.2, -0.15) is 10.5 Å². The van der Waals surface area contributed by atoms with Crippen molar-refractivity contribution < 1.29 is 0 Å². The summed E-state index contributed by atoms with van der Waals surface area (Å²) in [4.78, 5) is -0.0296. The van der Waals surface area contributed by atoms with E-state index in [0.29, 0.717) is 0 Å². The molecule has 7 heteroatoms. The van der Waals surface area contributed by atoms with Gasteiger partial charge in [0.2, 0.25) is 0 Å². The molecule has 0 unspecified atom stereocenters. The van der Waals surface area contributed by atoms with Crippen LogP contribution in [0.2, 0.25) is 0 Å². The minimum Gasteiger partial charge on any atom is -0.192 e. The Bertz CT molecular complexity index is 517. The second kappa shape index (κ2) is 7.55. The molecule has 0 aliphatic carbocycles. The fourth-order valence-electron chi connectivity index (χ4n) is 0.772. The largest absolute Gasteiger partial charge is 0.192 e. The molecule has 0 fully saturated rings. The summed E-state index contributed by atoms with van der Waals surface area (Å²) in [5.41, 5.74) is 0.705. The van der Waals surface area contributed by atoms with E-state index in [1.807, 2.05) is 0 Å². The minimum absolute atomic E-state index is 0.00793. The second-order valence-electron chi connectivity index (χ2n) is 2.49. The van der Waals surface area contributed by atoms with Crippen molar-refractivity contribution in [3.05, 3.63) is 33.3 Å². The van der Waals surface area contributed by atoms with Gasteiger partial charge in [0.15, 0.2) is 0 Å². The van der Waals surface area contributed by atoms with Crippen LogP contribution >= 0.6 is 59.2 Å². The Labute approximate surface area is 124 Å². The third-order valence-corrected chi connectivity index (χ3v) is 3.40. The minimum atomic E-state index is -0.293. The molecule has 0 aromatic heterocycles. The molecule has 2 nitrogen and oxygen atoms in total. The van der Waals surface area contributed by atoms with E-state index in [0.717, 1.165) is 5.54 Å². The lowest BCUT2D eigenvalue weighted by molar-refractivity contribution is 1.46. The molecule has 17 heavy (non-hydrogen) atoms. The number of nitriles is 2. The quantitative estimate of drug-likeness (QED) is 0.443. The number of halogens is 3. The van der Waals surface area contributed by atoms with Crippen LogP contribution in [-0.4, -0.2) is 9.73 Å². The maximum atomic E-state index is 8.81. The van der Waals surface area contributed by atoms with Crippen molar-refractivity contribution in [3.63, 3.8) is 0 Å². The number of hydrogen-bond donors (Lipinski definition) is 0. The highest BCUT2D eigenvalue weighted by atomic mass is 35.5. The summed E-state index contributed by atoms with van der Waals surface area (Å²) < 4.78 is 0. The zero-order valence-electron chi connectivity index (χ0n) is 8.13. The standard InChI is InChI=1S/C10H3Cl3N2S2/c1-5(12)9(16)8(6(3-14)4-15)10(17)7(13)2-11/h2H,1H2. The number of thiocarbonyl (C=S) groups is 2. The zero-order valence-corrected chi connectivity index (χ0v) is 12.0. The van der Waals surface area contributed by atoms with Gasteiger partial charge in [0.25, 0.3) is 0 Å². The van der Waals surface area contributed by atoms with E-state index >= 15 is 0 Å². The molecular formula is C10H3Cl3N2S2. The predicted octanol–water partition coefficient (Wildman–Crippen LogP) is 4.14. The molecule has 0 rings (SSSR count). The van der Waals surface area contributed by atoms with Gasteiger partial charge < -0.3 is 0 Å². The van der Waals surface area contributed by atoms with Gasteiger partial charge >= 0.3 is 0 Å². The van der Waals surface area contributed by atoms with E-state index in [2.05, 4.69) is 6.58 Å². The highest BCUT2D eigenvalue weighted by molar-refractivity contribution is 7.83. The molecule has 0 aliphatic rings. The van der Waals surface area contributed by atoms with Crippen LogP contribution in [0.15, 0.2) is 33.3 Å². The first-order valence-electron chi connectivity index (χ1n) is 3.84. The van der Waals surface area contributed by atoms with E-state index in [-0.39, 0.29) is 30.9 Å². The summed E-state index contributed by atoms with van der Waals surface area (Å²) in [5, 5.41) is 17.6. The van der Waals surface area contributed by atoms with Crippen molar-refractivity contribution in [2.75, 3.05) is 0 Å². The van der Waals surface area contributed by atoms with Crippen molar-refractivity contribution in [1.29, 1.82) is 10.5 Å². The summed E-state index contributed by atoms with van der Waals surface area (Å²) in [6.45, 7) is 3.41. The number of nitrogens with zero attached hydrogens (tertiary/aromatic N) is 2. The Morgan fingerprint density at radius 2 is 1.59 bits per heavy atom. The number of hydrogen-bond acceptors (Lipinski definition) is 4. The first kappa shape index (κ1) is 16.2. The summed E-state index contributed by atoms with van der Waals surface area (Å²) in [5.74, 6) is 0. The SMILES string of the molecule is C=C(Cl)C(=S)C(C(=S)C(Cl)=CCl)=C(C#N)C#N. The lowest BCUT2D eigenvalue weighted by Gasteiger charge is -2.08. The molecule has 0 N–H and O–H groups in total. The van der Waals surface area contributed by atoms with Crippen molar-refractivity contribution >= 4 is 69.0 Å². The van der Waals surface area contributed by atoms with Gasteiger partial charge in [-0.1, -0.05) is 65.8 Å². The Hall–Kier alpha value is -0.750. The van der Waals surface area contributed by atoms with Gasteiger partial charge in [0, 0.05) is 11.1 Å². The summed E-state index contributed by atoms with van der Waals surface area (Å²) >= 11 is 26.7. The van der Waals surface area contributed by atoms with Gasteiger partial charge in [-0.05, 0) is 0 Å². The molecule has 0 heterocycles. The van der Waals surface area contributed by atoms with Crippen LogP contribution in [0.4, 0.5) is 0 Å². The summed E-state index contributed by atoms with van der Waals surface area (Å²) in [7, 11) is 0. The van der Waals surface area contributed by atoms with Crippen LogP contribution < -0.4 is 0 Å². The van der Waals surface area contributed by atoms with Crippen LogP contribution in [-0.2, 0) is 0 Å². The fourth-order valence-corrected chi connectivity index (χ4v) is 1.67. The van der Waals surface area contributed by atoms with Gasteiger partial charge in [0.05, 0.1) is 19.8 Å². The first-order valence-corrected chi connectivity index (χ1v) is 5.85. The van der Waals surface area contributed by atoms with E-state index in [1.54, 1.807) is 12.1 Å². The van der Waals surface area contributed by atoms with Crippen LogP contribution in [0.5, 0.6) is 0 Å². The van der Waals surface area contributed by atoms with Crippen LogP contribution in [0.25, 0.3) is 0 Å². The van der Waals surface area contributed by atoms with Crippen LogP contribution in [0, 0.1) is 22.7 Å². The zero-order chi connectivity index (χ0) is 13.6. The molecule has 0 aliphatic heterocycles. The van der Waals surface area contributed by atoms with E-state index in [4.69, 9.17) is 69.8 Å². The smallest absolute Gasteiger partial charge is 0.139 e. The number of rotatable bonds is 4. The Kier molecular flexibility index (Phi) is 7.22. The van der Waals surface area contributed by atoms with Crippen molar-refractivity contribution in [2.24, 2.45) is 0 Å². The highest BCUT2D eigenvalue weighted by Gasteiger charge is 2.20. The lowest BCUT2D eigenvalue weighted by atomic mass is 10.0. The van der Waals surface area contributed by atoms with E-state index < -0.39 is 0 Å². The Morgan fingerprint density at radius 3 is 1.88 bits per heavy atom. The molecule has 0 aromatic carbocycles. The van der Waals surface area contributed by atoms with Gasteiger partial charge in [-0.3, -0.25) is 0 Å². The molecule has 0 spiro atoms. The summed E-state index contributed by atoms with van der Waals surface area (Å²) in [6.07, 6.45) is 0. The molecule has 0 bridgehead atoms. The van der Waals surface area contributed by atoms with Gasteiger partial charge in [-0.15, -0.1) is 0 Å². The van der Waals surface area contributed by atoms with E-state index in [9.17, 15) is 0 Å². The predicted molar refractivity (Wildman–Crippen MR) is 78.2 cm³/mol. The molecule has 0 saturated carbocycles. The molecule has 0 saturated heterocycles. The first-order chi connectivity index (χ1) is 7.90. The molecule has 86 valence electrons. The molecule has 0 aromatic rings. The molecular weight excluding hydrogens is 319 g/mol. The van der Waals surface area contributed by atoms with Gasteiger partial charge in [-0.25, -0.2) is 0 Å². The average Bonchev–Trinajstić information content (AvgIpc) is 2.32. The highest BCUT2D eigenvalue weighted by Crippen LogP contribution is 2.22. The van der Waals surface area contributed by atoms with Crippen LogP contribution in [0.1, 0.15) is 0 Å². The van der Waals surface area contributed by atoms with Crippen molar-refractivity contribution in [2.45, 2.75) is 0 Å². The monoisotopic (exact) mass is 320 g/mol. The fraction of sp³-hybridized carbons (Fsp3) is 0. The third kappa shape index (κ3) is 4.20.